The van der Waals surface area contributed by atoms with Gasteiger partial charge in [-0.3, -0.25) is 9.59 Å². The van der Waals surface area contributed by atoms with Gasteiger partial charge in [-0.1, -0.05) is 0 Å². The average molecular weight is 335 g/mol. The Kier molecular flexibility index (Phi) is 3.75. The van der Waals surface area contributed by atoms with Crippen molar-refractivity contribution in [2.75, 3.05) is 13.2 Å². The van der Waals surface area contributed by atoms with Crippen LogP contribution < -0.4 is 0 Å². The van der Waals surface area contributed by atoms with Crippen LogP contribution in [0.3, 0.4) is 0 Å². The highest BCUT2D eigenvalue weighted by Gasteiger charge is 2.49. The fraction of sp³-hybridized carbons (Fsp3) is 0.800. The summed E-state index contributed by atoms with van der Waals surface area (Å²) in [7, 11) is 0. The number of carboxylic acids is 1. The molecule has 0 aromatic carbocycles. The molecule has 1 unspecified atom stereocenters. The quantitative estimate of drug-likeness (QED) is 0.817. The lowest BCUT2D eigenvalue weighted by atomic mass is 9.74. The molecule has 3 fully saturated rings. The van der Waals surface area contributed by atoms with E-state index < -0.39 is 12.1 Å². The number of rotatable bonds is 5. The van der Waals surface area contributed by atoms with Gasteiger partial charge in [-0.15, -0.1) is 5.10 Å². The normalized spacial score (nSPS) is 25.5. The van der Waals surface area contributed by atoms with E-state index >= 15 is 0 Å². The lowest BCUT2D eigenvalue weighted by Crippen LogP contribution is -2.65. The number of morpholine rings is 1. The minimum absolute atomic E-state index is 0.0532. The summed E-state index contributed by atoms with van der Waals surface area (Å²) in [4.78, 5) is 25.7. The number of amides is 1. The van der Waals surface area contributed by atoms with E-state index in [1.165, 1.54) is 0 Å². The third-order valence-electron chi connectivity index (χ3n) is 5.32. The Labute approximate surface area is 138 Å². The summed E-state index contributed by atoms with van der Waals surface area (Å²) in [5.74, 6) is 0.187. The van der Waals surface area contributed by atoms with Crippen molar-refractivity contribution in [1.82, 2.24) is 25.1 Å². The number of hydrogen-bond acceptors (Lipinski definition) is 6. The number of carbonyl (C=O) groups excluding carboxylic acids is 1. The molecule has 24 heavy (non-hydrogen) atoms. The maximum Gasteiger partial charge on any atom is 0.306 e. The maximum atomic E-state index is 12.9. The molecule has 2 heterocycles. The first-order valence-corrected chi connectivity index (χ1v) is 8.47. The number of carbonyl (C=O) groups is 2. The smallest absolute Gasteiger partial charge is 0.306 e. The molecule has 1 saturated heterocycles. The van der Waals surface area contributed by atoms with Crippen molar-refractivity contribution in [3.63, 3.8) is 0 Å². The molecule has 3 aliphatic rings. The van der Waals surface area contributed by atoms with Crippen LogP contribution in [0.4, 0.5) is 0 Å². The molecule has 0 radical (unpaired) electrons. The van der Waals surface area contributed by atoms with Gasteiger partial charge >= 0.3 is 5.97 Å². The second-order valence-corrected chi connectivity index (χ2v) is 7.08. The summed E-state index contributed by atoms with van der Waals surface area (Å²) in [6.07, 6.45) is 4.47. The number of carboxylic acid groups (broad SMARTS) is 1. The molecule has 1 amide bonds. The predicted molar refractivity (Wildman–Crippen MR) is 80.1 cm³/mol. The van der Waals surface area contributed by atoms with Crippen LogP contribution >= 0.6 is 0 Å². The van der Waals surface area contributed by atoms with Crippen molar-refractivity contribution >= 4 is 11.9 Å². The van der Waals surface area contributed by atoms with Gasteiger partial charge in [0.05, 0.1) is 24.7 Å². The Morgan fingerprint density at radius 2 is 2.12 bits per heavy atom. The predicted octanol–water partition coefficient (Wildman–Crippen LogP) is 0.175. The molecule has 9 nitrogen and oxygen atoms in total. The van der Waals surface area contributed by atoms with Gasteiger partial charge in [0.25, 0.3) is 0 Å². The number of nitrogens with zero attached hydrogens (tertiary/aromatic N) is 5. The van der Waals surface area contributed by atoms with E-state index in [2.05, 4.69) is 15.5 Å². The van der Waals surface area contributed by atoms with Gasteiger partial charge in [0.2, 0.25) is 5.91 Å². The molecule has 1 aromatic heterocycles. The monoisotopic (exact) mass is 335 g/mol. The SMILES string of the molecule is O=C(O)CC1CN(C(=O)Cn2nnnc2C2CC2)C2(CCC2)CO1. The van der Waals surface area contributed by atoms with Gasteiger partial charge in [-0.2, -0.15) is 0 Å². The van der Waals surface area contributed by atoms with E-state index in [0.717, 1.165) is 37.9 Å². The van der Waals surface area contributed by atoms with Gasteiger partial charge in [-0.25, -0.2) is 4.68 Å². The Balaban J connectivity index is 1.49. The van der Waals surface area contributed by atoms with Crippen LogP contribution in [0.1, 0.15) is 50.3 Å². The molecule has 9 heteroatoms. The second-order valence-electron chi connectivity index (χ2n) is 7.08. The first kappa shape index (κ1) is 15.5. The molecule has 4 rings (SSSR count). The van der Waals surface area contributed by atoms with E-state index in [-0.39, 0.29) is 24.4 Å². The van der Waals surface area contributed by atoms with Crippen LogP contribution in [-0.4, -0.2) is 66.9 Å². The minimum atomic E-state index is -0.909. The summed E-state index contributed by atoms with van der Waals surface area (Å²) >= 11 is 0. The van der Waals surface area contributed by atoms with E-state index in [4.69, 9.17) is 9.84 Å². The minimum Gasteiger partial charge on any atom is -0.481 e. The molecule has 2 aliphatic carbocycles. The van der Waals surface area contributed by atoms with Crippen LogP contribution in [0.2, 0.25) is 0 Å². The van der Waals surface area contributed by atoms with E-state index in [9.17, 15) is 9.59 Å². The lowest BCUT2D eigenvalue weighted by molar-refractivity contribution is -0.175. The highest BCUT2D eigenvalue weighted by atomic mass is 16.5. The van der Waals surface area contributed by atoms with Gasteiger partial charge in [-0.05, 0) is 42.5 Å². The zero-order valence-corrected chi connectivity index (χ0v) is 13.4. The molecule has 1 atom stereocenters. The summed E-state index contributed by atoms with van der Waals surface area (Å²) in [6, 6.07) is 0. The third kappa shape index (κ3) is 2.77. The number of ether oxygens (including phenoxy) is 1. The lowest BCUT2D eigenvalue weighted by Gasteiger charge is -2.54. The van der Waals surface area contributed by atoms with Gasteiger partial charge in [0, 0.05) is 12.5 Å². The average Bonchev–Trinajstić information content (AvgIpc) is 3.25. The Morgan fingerprint density at radius 1 is 1.33 bits per heavy atom. The summed E-state index contributed by atoms with van der Waals surface area (Å²) in [5.41, 5.74) is -0.264. The first-order valence-electron chi connectivity index (χ1n) is 8.47. The fourth-order valence-electron chi connectivity index (χ4n) is 3.66. The van der Waals surface area contributed by atoms with Crippen LogP contribution in [0.25, 0.3) is 0 Å². The summed E-state index contributed by atoms with van der Waals surface area (Å²) < 4.78 is 7.30. The van der Waals surface area contributed by atoms with E-state index in [1.807, 2.05) is 4.90 Å². The Morgan fingerprint density at radius 3 is 2.75 bits per heavy atom. The Bertz CT molecular complexity index is 652. The van der Waals surface area contributed by atoms with Crippen molar-refractivity contribution in [3.8, 4) is 0 Å². The number of aromatic nitrogens is 4. The standard InChI is InChI=1S/C15H21N5O4/c21-12(8-20-14(10-2-3-10)16-17-18-20)19-7-11(6-13(22)23)24-9-15(19)4-1-5-15/h10-11H,1-9H2,(H,22,23). The number of tetrazole rings is 1. The third-order valence-corrected chi connectivity index (χ3v) is 5.32. The molecule has 0 bridgehead atoms. The van der Waals surface area contributed by atoms with Crippen LogP contribution in [0.5, 0.6) is 0 Å². The van der Waals surface area contributed by atoms with Gasteiger partial charge in [0.15, 0.2) is 5.82 Å². The van der Waals surface area contributed by atoms with Crippen LogP contribution in [0.15, 0.2) is 0 Å². The number of hydrogen-bond donors (Lipinski definition) is 1. The number of aliphatic carboxylic acids is 1. The van der Waals surface area contributed by atoms with Crippen molar-refractivity contribution in [3.05, 3.63) is 5.82 Å². The summed E-state index contributed by atoms with van der Waals surface area (Å²) in [6.45, 7) is 0.855. The second kappa shape index (κ2) is 5.80. The van der Waals surface area contributed by atoms with E-state index in [0.29, 0.717) is 19.1 Å². The highest BCUT2D eigenvalue weighted by molar-refractivity contribution is 5.77. The Hall–Kier alpha value is -2.03. The maximum absolute atomic E-state index is 12.9. The zero-order chi connectivity index (χ0) is 16.7. The van der Waals surface area contributed by atoms with Crippen molar-refractivity contribution in [1.29, 1.82) is 0 Å². The molecule has 130 valence electrons. The van der Waals surface area contributed by atoms with Crippen LogP contribution in [-0.2, 0) is 20.9 Å². The first-order chi connectivity index (χ1) is 11.6. The molecule has 2 saturated carbocycles. The van der Waals surface area contributed by atoms with Crippen molar-refractivity contribution in [2.24, 2.45) is 0 Å². The molecule has 1 aromatic rings. The molecular formula is C15H21N5O4. The largest absolute Gasteiger partial charge is 0.481 e. The molecule has 1 N–H and O–H groups in total. The zero-order valence-electron chi connectivity index (χ0n) is 13.4. The van der Waals surface area contributed by atoms with Gasteiger partial charge in [0.1, 0.15) is 6.54 Å². The summed E-state index contributed by atoms with van der Waals surface area (Å²) in [5, 5.41) is 20.7. The molecule has 1 spiro atoms. The topological polar surface area (TPSA) is 110 Å². The van der Waals surface area contributed by atoms with E-state index in [1.54, 1.807) is 4.68 Å². The van der Waals surface area contributed by atoms with Crippen molar-refractivity contribution in [2.45, 2.75) is 62.6 Å². The van der Waals surface area contributed by atoms with Gasteiger partial charge < -0.3 is 14.7 Å². The van der Waals surface area contributed by atoms with Crippen LogP contribution in [0, 0.1) is 0 Å². The molecule has 1 aliphatic heterocycles. The molecular weight excluding hydrogens is 314 g/mol. The fourth-order valence-corrected chi connectivity index (χ4v) is 3.66. The van der Waals surface area contributed by atoms with Crippen molar-refractivity contribution < 1.29 is 19.4 Å². The highest BCUT2D eigenvalue weighted by Crippen LogP contribution is 2.42.